The van der Waals surface area contributed by atoms with Gasteiger partial charge in [0.05, 0.1) is 17.6 Å². The number of hydrogen-bond acceptors (Lipinski definition) is 3. The number of nitrogens with zero attached hydrogens (tertiary/aromatic N) is 1. The van der Waals surface area contributed by atoms with Gasteiger partial charge in [-0.2, -0.15) is 5.26 Å². The highest BCUT2D eigenvalue weighted by molar-refractivity contribution is 5.93. The van der Waals surface area contributed by atoms with E-state index in [0.29, 0.717) is 18.5 Å². The van der Waals surface area contributed by atoms with Crippen molar-refractivity contribution in [3.8, 4) is 6.07 Å². The van der Waals surface area contributed by atoms with Crippen molar-refractivity contribution in [3.05, 3.63) is 29.6 Å². The third kappa shape index (κ3) is 2.49. The van der Waals surface area contributed by atoms with Crippen LogP contribution in [0.15, 0.2) is 18.2 Å². The van der Waals surface area contributed by atoms with E-state index in [1.165, 1.54) is 12.1 Å². The molecule has 1 aliphatic rings. The summed E-state index contributed by atoms with van der Waals surface area (Å²) in [6.07, 6.45) is 1.50. The number of hydrogen-bond donors (Lipinski definition) is 2. The van der Waals surface area contributed by atoms with Crippen LogP contribution in [0.3, 0.4) is 0 Å². The van der Waals surface area contributed by atoms with E-state index in [0.717, 1.165) is 12.5 Å². The predicted octanol–water partition coefficient (Wildman–Crippen LogP) is 1.80. The standard InChI is InChI=1S/C13H13FN2O2/c14-11-5-4-9(6-8(11)7-15)16-13(18)10-2-1-3-12(10)17/h4-6,10,12,17H,1-3H2,(H,16,18). The van der Waals surface area contributed by atoms with Gasteiger partial charge in [-0.15, -0.1) is 0 Å². The van der Waals surface area contributed by atoms with Gasteiger partial charge < -0.3 is 10.4 Å². The lowest BCUT2D eigenvalue weighted by atomic mass is 10.1. The maximum absolute atomic E-state index is 13.1. The van der Waals surface area contributed by atoms with Crippen LogP contribution in [-0.4, -0.2) is 17.1 Å². The first kappa shape index (κ1) is 12.5. The van der Waals surface area contributed by atoms with E-state index in [9.17, 15) is 14.3 Å². The monoisotopic (exact) mass is 248 g/mol. The molecular weight excluding hydrogens is 235 g/mol. The number of nitriles is 1. The summed E-state index contributed by atoms with van der Waals surface area (Å²) in [5.74, 6) is -1.31. The molecule has 0 aliphatic heterocycles. The van der Waals surface area contributed by atoms with Gasteiger partial charge in [-0.1, -0.05) is 0 Å². The lowest BCUT2D eigenvalue weighted by Crippen LogP contribution is -2.28. The van der Waals surface area contributed by atoms with Gasteiger partial charge in [0, 0.05) is 5.69 Å². The van der Waals surface area contributed by atoms with E-state index in [2.05, 4.69) is 5.32 Å². The molecule has 0 aromatic heterocycles. The zero-order chi connectivity index (χ0) is 13.1. The Morgan fingerprint density at radius 3 is 2.89 bits per heavy atom. The van der Waals surface area contributed by atoms with E-state index < -0.39 is 17.8 Å². The highest BCUT2D eigenvalue weighted by Crippen LogP contribution is 2.27. The highest BCUT2D eigenvalue weighted by Gasteiger charge is 2.31. The van der Waals surface area contributed by atoms with Crippen molar-refractivity contribution in [2.45, 2.75) is 25.4 Å². The van der Waals surface area contributed by atoms with Gasteiger partial charge in [0.25, 0.3) is 0 Å². The van der Waals surface area contributed by atoms with Crippen molar-refractivity contribution in [1.29, 1.82) is 5.26 Å². The Morgan fingerprint density at radius 2 is 2.28 bits per heavy atom. The fraction of sp³-hybridized carbons (Fsp3) is 0.385. The molecule has 2 unspecified atom stereocenters. The summed E-state index contributed by atoms with van der Waals surface area (Å²) in [5.41, 5.74) is 0.261. The second kappa shape index (κ2) is 5.15. The first-order valence-electron chi connectivity index (χ1n) is 5.80. The first-order chi connectivity index (χ1) is 8.61. The van der Waals surface area contributed by atoms with Crippen LogP contribution in [-0.2, 0) is 4.79 Å². The molecule has 1 saturated carbocycles. The summed E-state index contributed by atoms with van der Waals surface area (Å²) < 4.78 is 13.1. The maximum atomic E-state index is 13.1. The molecule has 18 heavy (non-hydrogen) atoms. The van der Waals surface area contributed by atoms with Crippen molar-refractivity contribution < 1.29 is 14.3 Å². The second-order valence-electron chi connectivity index (χ2n) is 4.40. The van der Waals surface area contributed by atoms with Crippen LogP contribution in [0, 0.1) is 23.1 Å². The Labute approximate surface area is 104 Å². The molecular formula is C13H13FN2O2. The minimum absolute atomic E-state index is 0.111. The number of aliphatic hydroxyl groups is 1. The quantitative estimate of drug-likeness (QED) is 0.838. The molecule has 2 rings (SSSR count). The number of anilines is 1. The zero-order valence-corrected chi connectivity index (χ0v) is 9.69. The highest BCUT2D eigenvalue weighted by atomic mass is 19.1. The molecule has 5 heteroatoms. The van der Waals surface area contributed by atoms with Crippen LogP contribution >= 0.6 is 0 Å². The fourth-order valence-corrected chi connectivity index (χ4v) is 2.17. The minimum atomic E-state index is -0.614. The molecule has 0 spiro atoms. The first-order valence-corrected chi connectivity index (χ1v) is 5.80. The molecule has 0 saturated heterocycles. The van der Waals surface area contributed by atoms with E-state index in [4.69, 9.17) is 5.26 Å². The molecule has 0 radical (unpaired) electrons. The Balaban J connectivity index is 2.10. The summed E-state index contributed by atoms with van der Waals surface area (Å²) in [4.78, 5) is 11.9. The smallest absolute Gasteiger partial charge is 0.230 e. The third-order valence-electron chi connectivity index (χ3n) is 3.17. The Bertz CT molecular complexity index is 510. The lowest BCUT2D eigenvalue weighted by molar-refractivity contribution is -0.122. The van der Waals surface area contributed by atoms with E-state index >= 15 is 0 Å². The molecule has 1 amide bonds. The van der Waals surface area contributed by atoms with Gasteiger partial charge in [-0.05, 0) is 37.5 Å². The number of rotatable bonds is 2. The van der Waals surface area contributed by atoms with E-state index in [-0.39, 0.29) is 11.5 Å². The fourth-order valence-electron chi connectivity index (χ4n) is 2.17. The largest absolute Gasteiger partial charge is 0.392 e. The van der Waals surface area contributed by atoms with Crippen molar-refractivity contribution in [3.63, 3.8) is 0 Å². The van der Waals surface area contributed by atoms with E-state index in [1.807, 2.05) is 0 Å². The molecule has 2 atom stereocenters. The Hall–Kier alpha value is -1.93. The molecule has 94 valence electrons. The van der Waals surface area contributed by atoms with Crippen LogP contribution in [0.1, 0.15) is 24.8 Å². The number of aliphatic hydroxyl groups excluding tert-OH is 1. The third-order valence-corrected chi connectivity index (χ3v) is 3.17. The number of halogens is 1. The van der Waals surface area contributed by atoms with Gasteiger partial charge in [0.1, 0.15) is 11.9 Å². The number of amides is 1. The van der Waals surface area contributed by atoms with Crippen LogP contribution in [0.2, 0.25) is 0 Å². The molecule has 1 aliphatic carbocycles. The van der Waals surface area contributed by atoms with Gasteiger partial charge >= 0.3 is 0 Å². The number of carbonyl (C=O) groups is 1. The zero-order valence-electron chi connectivity index (χ0n) is 9.69. The van der Waals surface area contributed by atoms with Crippen LogP contribution in [0.4, 0.5) is 10.1 Å². The number of benzene rings is 1. The summed E-state index contributed by atoms with van der Waals surface area (Å²) in [7, 11) is 0. The van der Waals surface area contributed by atoms with Crippen LogP contribution < -0.4 is 5.32 Å². The summed E-state index contributed by atoms with van der Waals surface area (Å²) in [6, 6.07) is 5.53. The van der Waals surface area contributed by atoms with Crippen molar-refractivity contribution in [1.82, 2.24) is 0 Å². The van der Waals surface area contributed by atoms with Gasteiger partial charge in [0.15, 0.2) is 0 Å². The molecule has 4 nitrogen and oxygen atoms in total. The summed E-state index contributed by atoms with van der Waals surface area (Å²) in [6.45, 7) is 0. The number of carbonyl (C=O) groups excluding carboxylic acids is 1. The molecule has 0 heterocycles. The Kier molecular flexibility index (Phi) is 3.58. The minimum Gasteiger partial charge on any atom is -0.392 e. The topological polar surface area (TPSA) is 73.1 Å². The molecule has 1 fully saturated rings. The SMILES string of the molecule is N#Cc1cc(NC(=O)C2CCCC2O)ccc1F. The summed E-state index contributed by atoms with van der Waals surface area (Å²) >= 11 is 0. The Morgan fingerprint density at radius 1 is 1.50 bits per heavy atom. The number of nitrogens with one attached hydrogen (secondary N) is 1. The van der Waals surface area contributed by atoms with Crippen molar-refractivity contribution in [2.24, 2.45) is 5.92 Å². The molecule has 1 aromatic carbocycles. The maximum Gasteiger partial charge on any atom is 0.230 e. The van der Waals surface area contributed by atoms with Gasteiger partial charge in [-0.25, -0.2) is 4.39 Å². The molecule has 2 N–H and O–H groups in total. The van der Waals surface area contributed by atoms with Crippen LogP contribution in [0.5, 0.6) is 0 Å². The normalized spacial score (nSPS) is 22.5. The average molecular weight is 248 g/mol. The van der Waals surface area contributed by atoms with Gasteiger partial charge in [-0.3, -0.25) is 4.79 Å². The van der Waals surface area contributed by atoms with Crippen LogP contribution in [0.25, 0.3) is 0 Å². The van der Waals surface area contributed by atoms with Gasteiger partial charge in [0.2, 0.25) is 5.91 Å². The second-order valence-corrected chi connectivity index (χ2v) is 4.40. The molecule has 1 aromatic rings. The van der Waals surface area contributed by atoms with E-state index in [1.54, 1.807) is 6.07 Å². The average Bonchev–Trinajstić information content (AvgIpc) is 2.78. The predicted molar refractivity (Wildman–Crippen MR) is 63.1 cm³/mol. The molecule has 0 bridgehead atoms. The lowest BCUT2D eigenvalue weighted by Gasteiger charge is -2.14. The van der Waals surface area contributed by atoms with Crippen molar-refractivity contribution >= 4 is 11.6 Å². The summed E-state index contributed by atoms with van der Waals surface area (Å²) in [5, 5.41) is 20.9. The van der Waals surface area contributed by atoms with Crippen molar-refractivity contribution in [2.75, 3.05) is 5.32 Å².